The molecule has 2 N–H and O–H groups in total. The monoisotopic (exact) mass is 426 g/mol. The lowest BCUT2D eigenvalue weighted by Crippen LogP contribution is -2.51. The van der Waals surface area contributed by atoms with Gasteiger partial charge in [-0.3, -0.25) is 4.79 Å². The van der Waals surface area contributed by atoms with Crippen molar-refractivity contribution in [3.05, 3.63) is 29.8 Å². The Morgan fingerprint density at radius 3 is 2.54 bits per heavy atom. The first-order valence-corrected chi connectivity index (χ1v) is 11.1. The molecule has 0 bridgehead atoms. The van der Waals surface area contributed by atoms with Gasteiger partial charge in [-0.15, -0.1) is 16.8 Å². The highest BCUT2D eigenvalue weighted by molar-refractivity contribution is 7.90. The molecule has 0 saturated carbocycles. The van der Waals surface area contributed by atoms with Crippen LogP contribution in [-0.2, 0) is 14.8 Å². The highest BCUT2D eigenvalue weighted by Crippen LogP contribution is 2.32. The first kappa shape index (κ1) is 21.1. The van der Waals surface area contributed by atoms with Crippen LogP contribution in [0.5, 0.6) is 0 Å². The first-order valence-electron chi connectivity index (χ1n) is 9.64. The van der Waals surface area contributed by atoms with E-state index in [9.17, 15) is 13.2 Å². The van der Waals surface area contributed by atoms with E-state index in [4.69, 9.17) is 5.73 Å². The summed E-state index contributed by atoms with van der Waals surface area (Å²) in [7, 11) is -3.68. The Bertz CT molecular complexity index is 879. The zero-order valence-corrected chi connectivity index (χ0v) is 17.6. The van der Waals surface area contributed by atoms with Gasteiger partial charge in [0.25, 0.3) is 10.0 Å². The van der Waals surface area contributed by atoms with Gasteiger partial charge in [0.15, 0.2) is 5.84 Å². The second-order valence-electron chi connectivity index (χ2n) is 7.76. The molecule has 2 saturated heterocycles. The van der Waals surface area contributed by atoms with Gasteiger partial charge in [-0.05, 0) is 50.7 Å². The van der Waals surface area contributed by atoms with Crippen LogP contribution in [0.15, 0.2) is 33.6 Å². The average molecular weight is 427 g/mol. The van der Waals surface area contributed by atoms with Gasteiger partial charge < -0.3 is 15.5 Å². The highest BCUT2D eigenvalue weighted by atomic mass is 35.5. The van der Waals surface area contributed by atoms with Crippen LogP contribution < -0.4 is 5.73 Å². The Hall–Kier alpha value is -1.64. The third kappa shape index (κ3) is 3.65. The third-order valence-electron chi connectivity index (χ3n) is 6.02. The number of fused-ring (bicyclic) bond motifs is 1. The zero-order chi connectivity index (χ0) is 19.2. The van der Waals surface area contributed by atoms with Crippen LogP contribution >= 0.6 is 12.4 Å². The van der Waals surface area contributed by atoms with Crippen LogP contribution in [0.4, 0.5) is 0 Å². The highest BCUT2D eigenvalue weighted by Gasteiger charge is 2.41. The lowest BCUT2D eigenvalue weighted by Gasteiger charge is -2.37. The van der Waals surface area contributed by atoms with Gasteiger partial charge in [0.2, 0.25) is 5.91 Å². The van der Waals surface area contributed by atoms with E-state index in [1.807, 2.05) is 16.7 Å². The van der Waals surface area contributed by atoms with Crippen LogP contribution in [0.1, 0.15) is 38.2 Å². The standard InChI is InChI=1S/C19H26N4O3S.ClH/c1-13(20)14-8-11-22(12-9-14)19(24)16-6-4-10-23(16)18-15-5-2-3-7-17(15)27(25,26)21-18;/h2-3,5,7,13-14,16H,4,6,8-12,20H2,1H3;1H. The van der Waals surface area contributed by atoms with Crippen molar-refractivity contribution in [3.8, 4) is 0 Å². The van der Waals surface area contributed by atoms with E-state index < -0.39 is 10.0 Å². The molecule has 9 heteroatoms. The Morgan fingerprint density at radius 1 is 1.18 bits per heavy atom. The van der Waals surface area contributed by atoms with Crippen molar-refractivity contribution in [1.29, 1.82) is 0 Å². The summed E-state index contributed by atoms with van der Waals surface area (Å²) in [4.78, 5) is 17.2. The number of amides is 1. The van der Waals surface area contributed by atoms with E-state index in [0.29, 0.717) is 23.9 Å². The largest absolute Gasteiger partial charge is 0.343 e. The molecule has 0 aromatic heterocycles. The molecule has 7 nitrogen and oxygen atoms in total. The summed E-state index contributed by atoms with van der Waals surface area (Å²) in [5, 5.41) is 0. The third-order valence-corrected chi connectivity index (χ3v) is 7.34. The minimum Gasteiger partial charge on any atom is -0.343 e. The summed E-state index contributed by atoms with van der Waals surface area (Å²) in [5.41, 5.74) is 6.61. The molecule has 1 amide bonds. The van der Waals surface area contributed by atoms with Crippen LogP contribution in [0.25, 0.3) is 0 Å². The Morgan fingerprint density at radius 2 is 1.86 bits per heavy atom. The Balaban J connectivity index is 0.00000225. The van der Waals surface area contributed by atoms with Gasteiger partial charge in [-0.25, -0.2) is 0 Å². The number of amidine groups is 1. The maximum atomic E-state index is 13.2. The average Bonchev–Trinajstić information content (AvgIpc) is 3.24. The summed E-state index contributed by atoms with van der Waals surface area (Å²) >= 11 is 0. The van der Waals surface area contributed by atoms with E-state index in [1.54, 1.807) is 24.3 Å². The number of carbonyl (C=O) groups excluding carboxylic acids is 1. The van der Waals surface area contributed by atoms with Crippen LogP contribution in [-0.4, -0.2) is 61.7 Å². The number of piperidine rings is 1. The number of nitrogens with zero attached hydrogens (tertiary/aromatic N) is 3. The van der Waals surface area contributed by atoms with Gasteiger partial charge in [-0.2, -0.15) is 8.42 Å². The molecule has 4 rings (SSSR count). The molecule has 0 radical (unpaired) electrons. The second kappa shape index (κ2) is 8.00. The van der Waals surface area contributed by atoms with Crippen molar-refractivity contribution in [3.63, 3.8) is 0 Å². The lowest BCUT2D eigenvalue weighted by molar-refractivity contribution is -0.136. The summed E-state index contributed by atoms with van der Waals surface area (Å²) in [5.74, 6) is 0.969. The zero-order valence-electron chi connectivity index (χ0n) is 16.0. The summed E-state index contributed by atoms with van der Waals surface area (Å²) in [6.45, 7) is 4.11. The molecule has 2 fully saturated rings. The molecule has 2 unspecified atom stereocenters. The lowest BCUT2D eigenvalue weighted by atomic mass is 9.90. The molecule has 2 atom stereocenters. The van der Waals surface area contributed by atoms with Crippen LogP contribution in [0.3, 0.4) is 0 Å². The molecule has 3 heterocycles. The number of carbonyl (C=O) groups is 1. The van der Waals surface area contributed by atoms with E-state index in [2.05, 4.69) is 4.40 Å². The minimum atomic E-state index is -3.68. The maximum Gasteiger partial charge on any atom is 0.285 e. The fourth-order valence-corrected chi connectivity index (χ4v) is 5.65. The number of sulfonamides is 1. The SMILES string of the molecule is CC(N)C1CCN(C(=O)C2CCCN2C2=NS(=O)(=O)c3ccccc32)CC1.Cl. The molecule has 3 aliphatic rings. The normalized spacial score (nSPS) is 25.1. The summed E-state index contributed by atoms with van der Waals surface area (Å²) in [6.07, 6.45) is 3.43. The topological polar surface area (TPSA) is 96.1 Å². The fourth-order valence-electron chi connectivity index (χ4n) is 4.43. The molecule has 28 heavy (non-hydrogen) atoms. The van der Waals surface area contributed by atoms with Crippen molar-refractivity contribution in [1.82, 2.24) is 9.80 Å². The Labute approximate surface area is 172 Å². The maximum absolute atomic E-state index is 13.2. The number of benzene rings is 1. The number of likely N-dealkylation sites (tertiary alicyclic amines) is 2. The molecule has 1 aromatic rings. The molecular formula is C19H27ClN4O3S. The van der Waals surface area contributed by atoms with Gasteiger partial charge in [-0.1, -0.05) is 12.1 Å². The molecule has 0 spiro atoms. The number of halogens is 1. The fraction of sp³-hybridized carbons (Fsp3) is 0.579. The van der Waals surface area contributed by atoms with E-state index in [1.165, 1.54) is 0 Å². The molecule has 0 aliphatic carbocycles. The molecule has 1 aromatic carbocycles. The van der Waals surface area contributed by atoms with E-state index >= 15 is 0 Å². The van der Waals surface area contributed by atoms with Crippen molar-refractivity contribution >= 4 is 34.2 Å². The molecule has 3 aliphatic heterocycles. The van der Waals surface area contributed by atoms with Crippen molar-refractivity contribution < 1.29 is 13.2 Å². The van der Waals surface area contributed by atoms with Gasteiger partial charge in [0.1, 0.15) is 10.9 Å². The first-order chi connectivity index (χ1) is 12.9. The smallest absolute Gasteiger partial charge is 0.285 e. The molecular weight excluding hydrogens is 400 g/mol. The predicted octanol–water partition coefficient (Wildman–Crippen LogP) is 1.61. The summed E-state index contributed by atoms with van der Waals surface area (Å²) in [6, 6.07) is 6.67. The Kier molecular flexibility index (Phi) is 6.03. The van der Waals surface area contributed by atoms with Crippen LogP contribution in [0.2, 0.25) is 0 Å². The van der Waals surface area contributed by atoms with E-state index in [-0.39, 0.29) is 35.3 Å². The van der Waals surface area contributed by atoms with Crippen LogP contribution in [0, 0.1) is 5.92 Å². The minimum absolute atomic E-state index is 0. The predicted molar refractivity (Wildman–Crippen MR) is 110 cm³/mol. The van der Waals surface area contributed by atoms with E-state index in [0.717, 1.165) is 38.8 Å². The number of hydrogen-bond acceptors (Lipinski definition) is 5. The van der Waals surface area contributed by atoms with Gasteiger partial charge in [0.05, 0.1) is 0 Å². The quantitative estimate of drug-likeness (QED) is 0.774. The van der Waals surface area contributed by atoms with Crippen molar-refractivity contribution in [2.45, 2.75) is 49.6 Å². The number of hydrogen-bond donors (Lipinski definition) is 1. The second-order valence-corrected chi connectivity index (χ2v) is 9.33. The van der Waals surface area contributed by atoms with Gasteiger partial charge in [0, 0.05) is 31.2 Å². The summed E-state index contributed by atoms with van der Waals surface area (Å²) < 4.78 is 28.8. The molecule has 154 valence electrons. The van der Waals surface area contributed by atoms with Crippen molar-refractivity contribution in [2.24, 2.45) is 16.0 Å². The number of rotatable bonds is 2. The van der Waals surface area contributed by atoms with Crippen molar-refractivity contribution in [2.75, 3.05) is 19.6 Å². The number of nitrogens with two attached hydrogens (primary N) is 1. The van der Waals surface area contributed by atoms with Gasteiger partial charge >= 0.3 is 0 Å².